The number of carbonyl (C=O) groups excluding carboxylic acids is 3. The Morgan fingerprint density at radius 1 is 0.304 bits per heavy atom. The first-order valence-corrected chi connectivity index (χ1v) is 27.7. The van der Waals surface area contributed by atoms with Gasteiger partial charge in [-0.1, -0.05) is 225 Å². The highest BCUT2D eigenvalue weighted by atomic mass is 16.6. The molecular formula is C63H100O6. The maximum absolute atomic E-state index is 12.8. The maximum atomic E-state index is 12.8. The Kier molecular flexibility index (Phi) is 52.5. The summed E-state index contributed by atoms with van der Waals surface area (Å²) in [6, 6.07) is 0. The van der Waals surface area contributed by atoms with Crippen molar-refractivity contribution in [2.45, 2.75) is 232 Å². The molecule has 6 heteroatoms. The lowest BCUT2D eigenvalue weighted by Crippen LogP contribution is -2.30. The van der Waals surface area contributed by atoms with E-state index in [1.165, 1.54) is 57.8 Å². The molecule has 6 nitrogen and oxygen atoms in total. The number of hydrogen-bond donors (Lipinski definition) is 0. The molecule has 0 aliphatic heterocycles. The maximum Gasteiger partial charge on any atom is 0.306 e. The zero-order chi connectivity index (χ0) is 50.0. The fraction of sp³-hybridized carbons (Fsp3) is 0.603. The fourth-order valence-corrected chi connectivity index (χ4v) is 7.03. The summed E-state index contributed by atoms with van der Waals surface area (Å²) >= 11 is 0. The van der Waals surface area contributed by atoms with E-state index >= 15 is 0 Å². The van der Waals surface area contributed by atoms with Crippen molar-refractivity contribution in [3.63, 3.8) is 0 Å². The SMILES string of the molecule is CC/C=C\C/C=C\C/C=C\C/C=C\C/C=C\C/C=C\CCC(=O)OC(COC(=O)CCCCCCC/C=C\CCCC)COC(=O)CCCCCCCCCC/C=C\C/C=C\C/C=C\C/C=C\CC. The van der Waals surface area contributed by atoms with Gasteiger partial charge in [-0.3, -0.25) is 14.4 Å². The number of hydrogen-bond acceptors (Lipinski definition) is 6. The van der Waals surface area contributed by atoms with Crippen LogP contribution in [0.4, 0.5) is 0 Å². The molecule has 0 fully saturated rings. The highest BCUT2D eigenvalue weighted by Gasteiger charge is 2.19. The molecule has 0 N–H and O–H groups in total. The number of allylic oxidation sites excluding steroid dienone is 22. The van der Waals surface area contributed by atoms with E-state index in [-0.39, 0.29) is 31.6 Å². The molecule has 1 atom stereocenters. The van der Waals surface area contributed by atoms with Gasteiger partial charge in [-0.05, 0) is 116 Å². The van der Waals surface area contributed by atoms with Crippen molar-refractivity contribution in [3.8, 4) is 0 Å². The standard InChI is InChI=1S/C63H100O6/c1-4-7-10-13-16-19-22-24-26-28-30-31-33-34-36-38-41-44-47-50-53-56-62(65)68-59-60(58-67-61(64)55-52-49-46-43-40-21-18-15-12-9-6-3)69-63(66)57-54-51-48-45-42-39-37-35-32-29-27-25-23-20-17-14-11-8-5-2/h7-8,10-11,15-20,24-27,30-32,35,39,42,48,51,60H,4-6,9,12-14,21-23,28-29,33-34,36-38,40-41,43-47,49-50,52-59H2,1-3H3/b10-7-,11-8-,18-15-,19-16-,20-17-,26-24-,27-25-,31-30-,35-32-,42-39-,51-48-. The van der Waals surface area contributed by atoms with Gasteiger partial charge in [0.15, 0.2) is 6.10 Å². The first-order valence-electron chi connectivity index (χ1n) is 27.7. The molecule has 0 radical (unpaired) electrons. The van der Waals surface area contributed by atoms with Crippen LogP contribution in [-0.4, -0.2) is 37.2 Å². The summed E-state index contributed by atoms with van der Waals surface area (Å²) in [7, 11) is 0. The van der Waals surface area contributed by atoms with Gasteiger partial charge < -0.3 is 14.2 Å². The molecule has 0 saturated carbocycles. The zero-order valence-electron chi connectivity index (χ0n) is 44.3. The van der Waals surface area contributed by atoms with Crippen LogP contribution in [0.5, 0.6) is 0 Å². The zero-order valence-corrected chi connectivity index (χ0v) is 44.3. The Bertz CT molecular complexity index is 1510. The Morgan fingerprint density at radius 2 is 0.594 bits per heavy atom. The van der Waals surface area contributed by atoms with Crippen molar-refractivity contribution < 1.29 is 28.6 Å². The van der Waals surface area contributed by atoms with E-state index in [4.69, 9.17) is 14.2 Å². The van der Waals surface area contributed by atoms with Crippen molar-refractivity contribution in [1.29, 1.82) is 0 Å². The predicted octanol–water partition coefficient (Wildman–Crippen LogP) is 18.6. The van der Waals surface area contributed by atoms with Gasteiger partial charge >= 0.3 is 17.9 Å². The van der Waals surface area contributed by atoms with Crippen molar-refractivity contribution >= 4 is 17.9 Å². The van der Waals surface area contributed by atoms with Crippen LogP contribution in [0, 0.1) is 0 Å². The molecule has 388 valence electrons. The smallest absolute Gasteiger partial charge is 0.306 e. The molecule has 0 spiro atoms. The summed E-state index contributed by atoms with van der Waals surface area (Å²) < 4.78 is 16.7. The third-order valence-electron chi connectivity index (χ3n) is 11.1. The molecule has 0 saturated heterocycles. The normalized spacial score (nSPS) is 13.1. The van der Waals surface area contributed by atoms with Crippen LogP contribution in [0.3, 0.4) is 0 Å². The lowest BCUT2D eigenvalue weighted by molar-refractivity contribution is -0.166. The third kappa shape index (κ3) is 54.4. The summed E-state index contributed by atoms with van der Waals surface area (Å²) in [5.41, 5.74) is 0. The molecule has 0 aromatic rings. The average molecular weight is 953 g/mol. The Morgan fingerprint density at radius 3 is 0.957 bits per heavy atom. The van der Waals surface area contributed by atoms with Gasteiger partial charge in [0.05, 0.1) is 0 Å². The Labute approximate surface area is 424 Å². The van der Waals surface area contributed by atoms with E-state index in [1.54, 1.807) is 0 Å². The minimum atomic E-state index is -0.830. The van der Waals surface area contributed by atoms with Crippen LogP contribution < -0.4 is 0 Å². The molecule has 0 amide bonds. The van der Waals surface area contributed by atoms with Crippen LogP contribution in [0.15, 0.2) is 134 Å². The van der Waals surface area contributed by atoms with Crippen LogP contribution >= 0.6 is 0 Å². The van der Waals surface area contributed by atoms with Gasteiger partial charge in [-0.15, -0.1) is 0 Å². The van der Waals surface area contributed by atoms with E-state index in [1.807, 2.05) is 12.2 Å². The van der Waals surface area contributed by atoms with Crippen molar-refractivity contribution in [2.24, 2.45) is 0 Å². The number of rotatable bonds is 48. The molecular weight excluding hydrogens is 853 g/mol. The van der Waals surface area contributed by atoms with E-state index in [2.05, 4.69) is 142 Å². The summed E-state index contributed by atoms with van der Waals surface area (Å²) in [4.78, 5) is 38.0. The molecule has 0 aromatic carbocycles. The topological polar surface area (TPSA) is 78.9 Å². The molecule has 0 aliphatic carbocycles. The highest BCUT2D eigenvalue weighted by Crippen LogP contribution is 2.13. The monoisotopic (exact) mass is 953 g/mol. The van der Waals surface area contributed by atoms with E-state index < -0.39 is 12.1 Å². The molecule has 0 bridgehead atoms. The highest BCUT2D eigenvalue weighted by molar-refractivity contribution is 5.71. The van der Waals surface area contributed by atoms with Crippen LogP contribution in [0.2, 0.25) is 0 Å². The predicted molar refractivity (Wildman–Crippen MR) is 297 cm³/mol. The number of ether oxygens (including phenoxy) is 3. The molecule has 69 heavy (non-hydrogen) atoms. The molecule has 0 aromatic heterocycles. The second-order valence-corrected chi connectivity index (χ2v) is 17.7. The van der Waals surface area contributed by atoms with Gasteiger partial charge in [0.2, 0.25) is 0 Å². The van der Waals surface area contributed by atoms with Gasteiger partial charge in [0.1, 0.15) is 13.2 Å². The van der Waals surface area contributed by atoms with Crippen LogP contribution in [0.1, 0.15) is 226 Å². The lowest BCUT2D eigenvalue weighted by atomic mass is 10.1. The minimum absolute atomic E-state index is 0.119. The van der Waals surface area contributed by atoms with Crippen LogP contribution in [-0.2, 0) is 28.6 Å². The lowest BCUT2D eigenvalue weighted by Gasteiger charge is -2.18. The second kappa shape index (κ2) is 56.1. The Hall–Kier alpha value is -4.45. The summed E-state index contributed by atoms with van der Waals surface area (Å²) in [5, 5.41) is 0. The first kappa shape index (κ1) is 64.5. The minimum Gasteiger partial charge on any atom is -0.462 e. The van der Waals surface area contributed by atoms with E-state index in [9.17, 15) is 14.4 Å². The van der Waals surface area contributed by atoms with Crippen molar-refractivity contribution in [2.75, 3.05) is 13.2 Å². The largest absolute Gasteiger partial charge is 0.462 e. The number of esters is 3. The summed E-state index contributed by atoms with van der Waals surface area (Å²) in [5.74, 6) is -1.03. The molecule has 0 heterocycles. The van der Waals surface area contributed by atoms with Crippen molar-refractivity contribution in [3.05, 3.63) is 134 Å². The second-order valence-electron chi connectivity index (χ2n) is 17.7. The Balaban J connectivity index is 4.49. The van der Waals surface area contributed by atoms with E-state index in [0.29, 0.717) is 19.3 Å². The molecule has 0 aliphatic rings. The average Bonchev–Trinajstić information content (AvgIpc) is 3.35. The third-order valence-corrected chi connectivity index (χ3v) is 11.1. The van der Waals surface area contributed by atoms with Gasteiger partial charge in [0.25, 0.3) is 0 Å². The number of carbonyl (C=O) groups is 3. The van der Waals surface area contributed by atoms with Crippen LogP contribution in [0.25, 0.3) is 0 Å². The van der Waals surface area contributed by atoms with Crippen molar-refractivity contribution in [1.82, 2.24) is 0 Å². The van der Waals surface area contributed by atoms with E-state index in [0.717, 1.165) is 122 Å². The summed E-state index contributed by atoms with van der Waals surface area (Å²) in [6.45, 7) is 6.28. The van der Waals surface area contributed by atoms with Gasteiger partial charge in [-0.25, -0.2) is 0 Å². The quantitative estimate of drug-likeness (QED) is 0.0262. The first-order chi connectivity index (χ1) is 34.0. The summed E-state index contributed by atoms with van der Waals surface area (Å²) in [6.07, 6.45) is 78.8. The molecule has 1 unspecified atom stereocenters. The fourth-order valence-electron chi connectivity index (χ4n) is 7.03. The van der Waals surface area contributed by atoms with Gasteiger partial charge in [0, 0.05) is 19.3 Å². The van der Waals surface area contributed by atoms with Gasteiger partial charge in [-0.2, -0.15) is 0 Å². The number of unbranched alkanes of at least 4 members (excludes halogenated alkanes) is 15. The molecule has 0 rings (SSSR count).